The van der Waals surface area contributed by atoms with Crippen molar-refractivity contribution < 1.29 is 14.7 Å². The van der Waals surface area contributed by atoms with E-state index in [0.29, 0.717) is 13.1 Å². The molecule has 0 saturated carbocycles. The molecule has 0 aliphatic carbocycles. The number of rotatable bonds is 5. The van der Waals surface area contributed by atoms with E-state index >= 15 is 0 Å². The third kappa shape index (κ3) is 5.56. The summed E-state index contributed by atoms with van der Waals surface area (Å²) in [5.41, 5.74) is 1.61. The fourth-order valence-corrected chi connectivity index (χ4v) is 3.14. The largest absolute Gasteiger partial charge is 0.392 e. The van der Waals surface area contributed by atoms with E-state index in [-0.39, 0.29) is 24.3 Å². The molecule has 5 heteroatoms. The minimum Gasteiger partial charge on any atom is -0.392 e. The second-order valence-corrected chi connectivity index (χ2v) is 7.86. The summed E-state index contributed by atoms with van der Waals surface area (Å²) in [7, 11) is 0. The molecule has 2 rings (SSSR count). The molecule has 0 aromatic heterocycles. The maximum Gasteiger partial charge on any atom is 0.227 e. The van der Waals surface area contributed by atoms with Crippen LogP contribution in [-0.4, -0.2) is 41.5 Å². The first-order valence-electron chi connectivity index (χ1n) is 9.07. The van der Waals surface area contributed by atoms with Gasteiger partial charge >= 0.3 is 0 Å². The van der Waals surface area contributed by atoms with Gasteiger partial charge in [-0.2, -0.15) is 0 Å². The summed E-state index contributed by atoms with van der Waals surface area (Å²) in [6, 6.07) is 7.74. The molecule has 1 aliphatic heterocycles. The summed E-state index contributed by atoms with van der Waals surface area (Å²) in [5.74, 6) is 0.0455. The van der Waals surface area contributed by atoms with Crippen LogP contribution in [0, 0.1) is 11.3 Å². The Morgan fingerprint density at radius 1 is 1.20 bits per heavy atom. The van der Waals surface area contributed by atoms with Crippen LogP contribution in [0.4, 0.5) is 0 Å². The van der Waals surface area contributed by atoms with Gasteiger partial charge in [0.2, 0.25) is 11.8 Å². The number of carbonyl (C=O) groups excluding carboxylic acids is 2. The van der Waals surface area contributed by atoms with Gasteiger partial charge in [0.15, 0.2) is 0 Å². The SMILES string of the molecule is CC(C)(C)C(=O)N1CCCC(C(=O)NCCc2ccc(CO)cc2)C1. The van der Waals surface area contributed by atoms with E-state index in [1.54, 1.807) is 0 Å². The van der Waals surface area contributed by atoms with Crippen LogP contribution in [-0.2, 0) is 22.6 Å². The topological polar surface area (TPSA) is 69.6 Å². The molecule has 1 aromatic carbocycles. The minimum absolute atomic E-state index is 0.0402. The van der Waals surface area contributed by atoms with E-state index in [1.807, 2.05) is 49.9 Å². The van der Waals surface area contributed by atoms with E-state index in [2.05, 4.69) is 5.32 Å². The summed E-state index contributed by atoms with van der Waals surface area (Å²) in [4.78, 5) is 26.7. The molecule has 138 valence electrons. The van der Waals surface area contributed by atoms with Crippen LogP contribution in [0.1, 0.15) is 44.7 Å². The van der Waals surface area contributed by atoms with Gasteiger partial charge in [-0.3, -0.25) is 9.59 Å². The lowest BCUT2D eigenvalue weighted by Gasteiger charge is -2.35. The van der Waals surface area contributed by atoms with Gasteiger partial charge in [0.05, 0.1) is 12.5 Å². The Bertz CT molecular complexity index is 590. The molecule has 0 radical (unpaired) electrons. The van der Waals surface area contributed by atoms with Crippen molar-refractivity contribution in [2.45, 2.75) is 46.6 Å². The summed E-state index contributed by atoms with van der Waals surface area (Å²) in [6.45, 7) is 7.65. The number of hydrogen-bond donors (Lipinski definition) is 2. The van der Waals surface area contributed by atoms with Gasteiger partial charge in [0.1, 0.15) is 0 Å². The molecule has 0 bridgehead atoms. The second kappa shape index (κ2) is 8.48. The monoisotopic (exact) mass is 346 g/mol. The Kier molecular flexibility index (Phi) is 6.59. The Hall–Kier alpha value is -1.88. The smallest absolute Gasteiger partial charge is 0.227 e. The molecule has 1 aromatic rings. The van der Waals surface area contributed by atoms with Gasteiger partial charge < -0.3 is 15.3 Å². The Morgan fingerprint density at radius 3 is 2.44 bits per heavy atom. The second-order valence-electron chi connectivity index (χ2n) is 7.86. The molecular formula is C20H30N2O3. The van der Waals surface area contributed by atoms with Crippen molar-refractivity contribution in [3.63, 3.8) is 0 Å². The van der Waals surface area contributed by atoms with E-state index in [9.17, 15) is 9.59 Å². The molecule has 5 nitrogen and oxygen atoms in total. The normalized spacial score (nSPS) is 18.1. The van der Waals surface area contributed by atoms with E-state index in [0.717, 1.165) is 36.9 Å². The number of piperidine rings is 1. The fourth-order valence-electron chi connectivity index (χ4n) is 3.14. The van der Waals surface area contributed by atoms with Crippen LogP contribution in [0.2, 0.25) is 0 Å². The Balaban J connectivity index is 1.80. The number of benzene rings is 1. The van der Waals surface area contributed by atoms with Gasteiger partial charge in [-0.05, 0) is 30.4 Å². The lowest BCUT2D eigenvalue weighted by Crippen LogP contribution is -2.48. The number of nitrogens with zero attached hydrogens (tertiary/aromatic N) is 1. The van der Waals surface area contributed by atoms with E-state index in [4.69, 9.17) is 5.11 Å². The molecule has 1 atom stereocenters. The van der Waals surface area contributed by atoms with Crippen LogP contribution in [0.25, 0.3) is 0 Å². The Morgan fingerprint density at radius 2 is 1.84 bits per heavy atom. The third-order valence-corrected chi connectivity index (χ3v) is 4.64. The molecule has 1 saturated heterocycles. The van der Waals surface area contributed by atoms with Crippen LogP contribution in [0.15, 0.2) is 24.3 Å². The lowest BCUT2D eigenvalue weighted by atomic mass is 9.91. The number of aliphatic hydroxyl groups is 1. The highest BCUT2D eigenvalue weighted by Gasteiger charge is 2.33. The molecule has 1 unspecified atom stereocenters. The van der Waals surface area contributed by atoms with Gasteiger partial charge in [-0.1, -0.05) is 45.0 Å². The van der Waals surface area contributed by atoms with Crippen molar-refractivity contribution in [2.24, 2.45) is 11.3 Å². The number of hydrogen-bond acceptors (Lipinski definition) is 3. The fraction of sp³-hybridized carbons (Fsp3) is 0.600. The van der Waals surface area contributed by atoms with Crippen molar-refractivity contribution in [3.8, 4) is 0 Å². The van der Waals surface area contributed by atoms with Crippen molar-refractivity contribution >= 4 is 11.8 Å². The predicted molar refractivity (Wildman–Crippen MR) is 97.8 cm³/mol. The first-order valence-corrected chi connectivity index (χ1v) is 9.07. The van der Waals surface area contributed by atoms with Crippen molar-refractivity contribution in [3.05, 3.63) is 35.4 Å². The number of nitrogens with one attached hydrogen (secondary N) is 1. The van der Waals surface area contributed by atoms with Gasteiger partial charge in [-0.15, -0.1) is 0 Å². The zero-order valence-corrected chi connectivity index (χ0v) is 15.5. The number of carbonyl (C=O) groups is 2. The third-order valence-electron chi connectivity index (χ3n) is 4.64. The summed E-state index contributed by atoms with van der Waals surface area (Å²) < 4.78 is 0. The maximum atomic E-state index is 12.4. The average Bonchev–Trinajstić information content (AvgIpc) is 2.61. The molecule has 1 fully saturated rings. The number of aliphatic hydroxyl groups excluding tert-OH is 1. The standard InChI is InChI=1S/C20H30N2O3/c1-20(2,3)19(25)22-12-4-5-17(13-22)18(24)21-11-10-15-6-8-16(14-23)9-7-15/h6-9,17,23H,4-5,10-14H2,1-3H3,(H,21,24). The van der Waals surface area contributed by atoms with Crippen molar-refractivity contribution in [1.82, 2.24) is 10.2 Å². The summed E-state index contributed by atoms with van der Waals surface area (Å²) >= 11 is 0. The number of amides is 2. The minimum atomic E-state index is -0.404. The molecule has 2 N–H and O–H groups in total. The summed E-state index contributed by atoms with van der Waals surface area (Å²) in [6.07, 6.45) is 2.47. The van der Waals surface area contributed by atoms with Gasteiger partial charge in [0.25, 0.3) is 0 Å². The van der Waals surface area contributed by atoms with Crippen LogP contribution >= 0.6 is 0 Å². The van der Waals surface area contributed by atoms with E-state index < -0.39 is 5.41 Å². The van der Waals surface area contributed by atoms with Crippen LogP contribution < -0.4 is 5.32 Å². The molecular weight excluding hydrogens is 316 g/mol. The highest BCUT2D eigenvalue weighted by Crippen LogP contribution is 2.23. The molecule has 25 heavy (non-hydrogen) atoms. The zero-order valence-electron chi connectivity index (χ0n) is 15.5. The van der Waals surface area contributed by atoms with Gasteiger partial charge in [-0.25, -0.2) is 0 Å². The van der Waals surface area contributed by atoms with Crippen LogP contribution in [0.3, 0.4) is 0 Å². The van der Waals surface area contributed by atoms with Gasteiger partial charge in [0, 0.05) is 25.0 Å². The van der Waals surface area contributed by atoms with Crippen molar-refractivity contribution in [2.75, 3.05) is 19.6 Å². The van der Waals surface area contributed by atoms with Crippen LogP contribution in [0.5, 0.6) is 0 Å². The maximum absolute atomic E-state index is 12.4. The van der Waals surface area contributed by atoms with E-state index in [1.165, 1.54) is 0 Å². The average molecular weight is 346 g/mol. The quantitative estimate of drug-likeness (QED) is 0.858. The molecule has 2 amide bonds. The molecule has 1 aliphatic rings. The first-order chi connectivity index (χ1) is 11.8. The Labute approximate surface area is 150 Å². The zero-order chi connectivity index (χ0) is 18.4. The lowest BCUT2D eigenvalue weighted by molar-refractivity contribution is -0.142. The highest BCUT2D eigenvalue weighted by molar-refractivity contribution is 5.83. The molecule has 1 heterocycles. The van der Waals surface area contributed by atoms with Crippen molar-refractivity contribution in [1.29, 1.82) is 0 Å². The summed E-state index contributed by atoms with van der Waals surface area (Å²) in [5, 5.41) is 12.0. The predicted octanol–water partition coefficient (Wildman–Crippen LogP) is 2.12. The highest BCUT2D eigenvalue weighted by atomic mass is 16.3. The molecule has 0 spiro atoms. The number of likely N-dealkylation sites (tertiary alicyclic amines) is 1. The first kappa shape index (κ1) is 19.4.